The first-order valence-corrected chi connectivity index (χ1v) is 10.0. The first kappa shape index (κ1) is 19.1. The number of nitrogens with zero attached hydrogens (tertiary/aromatic N) is 2. The highest BCUT2D eigenvalue weighted by molar-refractivity contribution is 7.16. The predicted molar refractivity (Wildman–Crippen MR) is 112 cm³/mol. The molecule has 3 rings (SSSR count). The largest absolute Gasteiger partial charge is 0.490 e. The third kappa shape index (κ3) is 4.20. The maximum absolute atomic E-state index is 9.53. The Morgan fingerprint density at radius 2 is 2.19 bits per heavy atom. The van der Waals surface area contributed by atoms with E-state index in [1.807, 2.05) is 33.0 Å². The summed E-state index contributed by atoms with van der Waals surface area (Å²) >= 11 is 1.67. The fourth-order valence-corrected chi connectivity index (χ4v) is 4.28. The van der Waals surface area contributed by atoms with Gasteiger partial charge >= 0.3 is 0 Å². The number of aromatic nitrogens is 1. The number of rotatable bonds is 6. The summed E-state index contributed by atoms with van der Waals surface area (Å²) in [6.45, 7) is 9.60. The fraction of sp³-hybridized carbons (Fsp3) is 0.304. The summed E-state index contributed by atoms with van der Waals surface area (Å²) in [5, 5.41) is 10.4. The van der Waals surface area contributed by atoms with Crippen molar-refractivity contribution in [3.05, 3.63) is 70.6 Å². The Bertz CT molecular complexity index is 957. The molecule has 1 aliphatic carbocycles. The molecule has 0 saturated heterocycles. The van der Waals surface area contributed by atoms with E-state index in [2.05, 4.69) is 35.8 Å². The molecule has 138 valence electrons. The zero-order valence-corrected chi connectivity index (χ0v) is 16.9. The number of fused-ring (bicyclic) bond motifs is 1. The summed E-state index contributed by atoms with van der Waals surface area (Å²) in [5.74, 6) is 0.504. The number of aryl methyl sites for hydroxylation is 1. The molecule has 0 unspecified atom stereocenters. The van der Waals surface area contributed by atoms with Crippen LogP contribution in [0.1, 0.15) is 43.3 Å². The van der Waals surface area contributed by atoms with Crippen LogP contribution in [0.2, 0.25) is 0 Å². The lowest BCUT2D eigenvalue weighted by Gasteiger charge is -2.11. The van der Waals surface area contributed by atoms with Gasteiger partial charge in [0.25, 0.3) is 0 Å². The van der Waals surface area contributed by atoms with Gasteiger partial charge in [-0.05, 0) is 74.4 Å². The van der Waals surface area contributed by atoms with Crippen molar-refractivity contribution in [2.75, 3.05) is 0 Å². The number of hydrogen-bond donors (Lipinski definition) is 0. The molecule has 1 aromatic heterocycles. The van der Waals surface area contributed by atoms with Gasteiger partial charge in [0.05, 0.1) is 16.6 Å². The van der Waals surface area contributed by atoms with Crippen molar-refractivity contribution in [3.8, 4) is 16.5 Å². The molecule has 2 aromatic rings. The van der Waals surface area contributed by atoms with Crippen LogP contribution < -0.4 is 0 Å². The molecule has 1 heterocycles. The highest BCUT2D eigenvalue weighted by Gasteiger charge is 2.17. The van der Waals surface area contributed by atoms with E-state index in [-0.39, 0.29) is 6.10 Å². The lowest BCUT2D eigenvalue weighted by atomic mass is 10.0. The van der Waals surface area contributed by atoms with E-state index in [0.717, 1.165) is 17.0 Å². The zero-order valence-electron chi connectivity index (χ0n) is 16.1. The van der Waals surface area contributed by atoms with E-state index in [1.165, 1.54) is 34.4 Å². The Kier molecular flexibility index (Phi) is 5.93. The highest BCUT2D eigenvalue weighted by atomic mass is 32.1. The summed E-state index contributed by atoms with van der Waals surface area (Å²) in [6.07, 6.45) is 8.89. The SMILES string of the molecule is C=C/C(OC(C)C)=C(C#N)\C=C(/C)c1ncc(-c2cccc3c2CCC3)s1. The molecule has 0 amide bonds. The second-order valence-electron chi connectivity index (χ2n) is 6.91. The molecular formula is C23H24N2OS. The van der Waals surface area contributed by atoms with Crippen LogP contribution in [0, 0.1) is 11.3 Å². The van der Waals surface area contributed by atoms with E-state index in [1.54, 1.807) is 17.4 Å². The van der Waals surface area contributed by atoms with Crippen molar-refractivity contribution in [2.45, 2.75) is 46.1 Å². The number of hydrogen-bond acceptors (Lipinski definition) is 4. The predicted octanol–water partition coefficient (Wildman–Crippen LogP) is 6.09. The van der Waals surface area contributed by atoms with Crippen molar-refractivity contribution < 1.29 is 4.74 Å². The first-order chi connectivity index (χ1) is 13.0. The Morgan fingerprint density at radius 3 is 2.89 bits per heavy atom. The quantitative estimate of drug-likeness (QED) is 0.348. The fourth-order valence-electron chi connectivity index (χ4n) is 3.34. The minimum absolute atomic E-state index is 0.0123. The standard InChI is InChI=1S/C23H24N2OS/c1-5-21(26-15(2)3)18(13-24)12-16(4)23-25-14-22(27-23)20-11-7-9-17-8-6-10-19(17)20/h5,7,9,11-12,14-15H,1,6,8,10H2,2-4H3/b16-12+,21-18-. The maximum atomic E-state index is 9.53. The van der Waals surface area contributed by atoms with Crippen LogP contribution in [-0.2, 0) is 17.6 Å². The summed E-state index contributed by atoms with van der Waals surface area (Å²) < 4.78 is 5.69. The lowest BCUT2D eigenvalue weighted by molar-refractivity contribution is 0.157. The smallest absolute Gasteiger partial charge is 0.136 e. The molecule has 1 aliphatic rings. The topological polar surface area (TPSA) is 45.9 Å². The van der Waals surface area contributed by atoms with E-state index in [9.17, 15) is 5.26 Å². The molecule has 1 aromatic carbocycles. The molecule has 4 heteroatoms. The molecule has 0 aliphatic heterocycles. The van der Waals surface area contributed by atoms with Crippen LogP contribution in [0.5, 0.6) is 0 Å². The Hall–Kier alpha value is -2.64. The molecular weight excluding hydrogens is 352 g/mol. The summed E-state index contributed by atoms with van der Waals surface area (Å²) in [6, 6.07) is 8.77. The van der Waals surface area contributed by atoms with Crippen LogP contribution >= 0.6 is 11.3 Å². The third-order valence-electron chi connectivity index (χ3n) is 4.55. The number of nitriles is 1. The summed E-state index contributed by atoms with van der Waals surface area (Å²) in [7, 11) is 0. The number of allylic oxidation sites excluding steroid dienone is 4. The van der Waals surface area contributed by atoms with Gasteiger partial charge in [0.2, 0.25) is 0 Å². The molecule has 0 spiro atoms. The van der Waals surface area contributed by atoms with Gasteiger partial charge in [-0.2, -0.15) is 5.26 Å². The van der Waals surface area contributed by atoms with E-state index in [0.29, 0.717) is 11.3 Å². The second-order valence-corrected chi connectivity index (χ2v) is 7.94. The van der Waals surface area contributed by atoms with Gasteiger partial charge in [-0.1, -0.05) is 24.8 Å². The molecule has 27 heavy (non-hydrogen) atoms. The highest BCUT2D eigenvalue weighted by Crippen LogP contribution is 2.36. The average molecular weight is 377 g/mol. The van der Waals surface area contributed by atoms with Gasteiger partial charge in [0, 0.05) is 6.20 Å². The molecule has 3 nitrogen and oxygen atoms in total. The molecule has 0 radical (unpaired) electrons. The Morgan fingerprint density at radius 1 is 1.37 bits per heavy atom. The Balaban J connectivity index is 1.93. The monoisotopic (exact) mass is 376 g/mol. The average Bonchev–Trinajstić information content (AvgIpc) is 3.32. The maximum Gasteiger partial charge on any atom is 0.136 e. The third-order valence-corrected chi connectivity index (χ3v) is 5.72. The van der Waals surface area contributed by atoms with Crippen molar-refractivity contribution >= 4 is 16.9 Å². The van der Waals surface area contributed by atoms with Crippen LogP contribution in [0.4, 0.5) is 0 Å². The van der Waals surface area contributed by atoms with E-state index in [4.69, 9.17) is 4.74 Å². The molecule has 0 fully saturated rings. The summed E-state index contributed by atoms with van der Waals surface area (Å²) in [4.78, 5) is 5.78. The van der Waals surface area contributed by atoms with Gasteiger partial charge in [-0.15, -0.1) is 11.3 Å². The molecule has 0 saturated carbocycles. The van der Waals surface area contributed by atoms with Crippen molar-refractivity contribution in [2.24, 2.45) is 0 Å². The molecule has 0 atom stereocenters. The van der Waals surface area contributed by atoms with Crippen molar-refractivity contribution in [3.63, 3.8) is 0 Å². The van der Waals surface area contributed by atoms with Gasteiger partial charge in [-0.3, -0.25) is 0 Å². The van der Waals surface area contributed by atoms with Crippen LogP contribution in [-0.4, -0.2) is 11.1 Å². The minimum atomic E-state index is -0.0123. The van der Waals surface area contributed by atoms with Crippen LogP contribution in [0.3, 0.4) is 0 Å². The Labute approximate surface area is 165 Å². The van der Waals surface area contributed by atoms with E-state index < -0.39 is 0 Å². The van der Waals surface area contributed by atoms with Gasteiger partial charge in [0.1, 0.15) is 16.8 Å². The number of ether oxygens (including phenoxy) is 1. The number of benzene rings is 1. The summed E-state index contributed by atoms with van der Waals surface area (Å²) in [5.41, 5.74) is 5.64. The normalized spacial score (nSPS) is 14.6. The van der Waals surface area contributed by atoms with Crippen molar-refractivity contribution in [1.82, 2.24) is 4.98 Å². The van der Waals surface area contributed by atoms with Crippen LogP contribution in [0.15, 0.2) is 54.5 Å². The zero-order chi connectivity index (χ0) is 19.4. The second kappa shape index (κ2) is 8.37. The van der Waals surface area contributed by atoms with Gasteiger partial charge in [-0.25, -0.2) is 4.98 Å². The number of thiazole rings is 1. The van der Waals surface area contributed by atoms with E-state index >= 15 is 0 Å². The van der Waals surface area contributed by atoms with Crippen LogP contribution in [0.25, 0.3) is 16.0 Å². The van der Waals surface area contributed by atoms with Crippen molar-refractivity contribution in [1.29, 1.82) is 5.26 Å². The molecule has 0 bridgehead atoms. The minimum Gasteiger partial charge on any atom is -0.490 e. The molecule has 0 N–H and O–H groups in total. The van der Waals surface area contributed by atoms with Gasteiger partial charge in [0.15, 0.2) is 0 Å². The first-order valence-electron chi connectivity index (χ1n) is 9.22. The lowest BCUT2D eigenvalue weighted by Crippen LogP contribution is -2.02. The van der Waals surface area contributed by atoms with Gasteiger partial charge < -0.3 is 4.74 Å².